The van der Waals surface area contributed by atoms with Gasteiger partial charge in [0.05, 0.1) is 31.7 Å². The highest BCUT2D eigenvalue weighted by Gasteiger charge is 2.36. The summed E-state index contributed by atoms with van der Waals surface area (Å²) in [6.45, 7) is 1.81. The molecule has 3 heterocycles. The number of carbonyl (C=O) groups excluding carboxylic acids is 1. The molecule has 182 valence electrons. The van der Waals surface area contributed by atoms with Crippen LogP contribution < -0.4 is 20.1 Å². The van der Waals surface area contributed by atoms with Crippen molar-refractivity contribution < 1.29 is 19.4 Å². The van der Waals surface area contributed by atoms with Gasteiger partial charge >= 0.3 is 0 Å². The number of aromatic nitrogens is 4. The maximum atomic E-state index is 13.6. The molecular formula is C26H24N6O4. The molecule has 1 aliphatic rings. The maximum Gasteiger partial charge on any atom is 0.255 e. The second-order valence-electron chi connectivity index (χ2n) is 8.12. The van der Waals surface area contributed by atoms with Gasteiger partial charge in [0.15, 0.2) is 5.82 Å². The normalized spacial score (nSPS) is 14.6. The third-order valence-electron chi connectivity index (χ3n) is 5.86. The average Bonchev–Trinajstić information content (AvgIpc) is 3.31. The lowest BCUT2D eigenvalue weighted by atomic mass is 9.94. The van der Waals surface area contributed by atoms with Crippen LogP contribution in [0.4, 0.5) is 11.6 Å². The van der Waals surface area contributed by atoms with E-state index in [4.69, 9.17) is 14.6 Å². The molecule has 0 aliphatic carbocycles. The molecule has 0 saturated carbocycles. The molecule has 1 amide bonds. The van der Waals surface area contributed by atoms with E-state index in [9.17, 15) is 9.90 Å². The largest absolute Gasteiger partial charge is 0.508 e. The quantitative estimate of drug-likeness (QED) is 0.375. The Hall–Kier alpha value is -4.86. The van der Waals surface area contributed by atoms with Gasteiger partial charge in [-0.05, 0) is 43.3 Å². The molecule has 2 aromatic heterocycles. The van der Waals surface area contributed by atoms with Gasteiger partial charge in [0, 0.05) is 29.1 Å². The zero-order valence-electron chi connectivity index (χ0n) is 19.9. The molecule has 4 aromatic rings. The average molecular weight is 485 g/mol. The van der Waals surface area contributed by atoms with Crippen LogP contribution in [0, 0.1) is 0 Å². The van der Waals surface area contributed by atoms with Crippen LogP contribution in [0.25, 0.3) is 11.4 Å². The number of ether oxygens (including phenoxy) is 2. The van der Waals surface area contributed by atoms with Crippen molar-refractivity contribution in [3.8, 4) is 28.6 Å². The van der Waals surface area contributed by atoms with Gasteiger partial charge in [0.25, 0.3) is 5.91 Å². The standard InChI is InChI=1S/C26H24N6O4/c1-15-22(25(34)29-17-7-5-11-27-14-17)23(20-10-9-19(35-2)13-21(20)36-3)32-26(28-15)30-24(31-32)16-6-4-8-18(33)12-16/h4-14,23,33H,1-3H3,(H,29,34)(H,28,30,31). The summed E-state index contributed by atoms with van der Waals surface area (Å²) in [5, 5.41) is 20.8. The first-order chi connectivity index (χ1) is 17.5. The van der Waals surface area contributed by atoms with Crippen molar-refractivity contribution in [2.24, 2.45) is 0 Å². The molecule has 0 fully saturated rings. The Morgan fingerprint density at radius 3 is 2.69 bits per heavy atom. The SMILES string of the molecule is COc1ccc(C2C(C(=O)Nc3cccnc3)=C(C)Nc3nc(-c4cccc(O)c4)nn32)c(OC)c1. The van der Waals surface area contributed by atoms with Crippen molar-refractivity contribution in [1.82, 2.24) is 19.7 Å². The molecule has 1 atom stereocenters. The number of fused-ring (bicyclic) bond motifs is 1. The van der Waals surface area contributed by atoms with Crippen molar-refractivity contribution in [3.63, 3.8) is 0 Å². The molecule has 1 unspecified atom stereocenters. The number of nitrogens with one attached hydrogen (secondary N) is 2. The Morgan fingerprint density at radius 1 is 1.11 bits per heavy atom. The highest BCUT2D eigenvalue weighted by Crippen LogP contribution is 2.41. The molecule has 0 spiro atoms. The van der Waals surface area contributed by atoms with E-state index in [-0.39, 0.29) is 11.7 Å². The smallest absolute Gasteiger partial charge is 0.255 e. The molecule has 3 N–H and O–H groups in total. The van der Waals surface area contributed by atoms with Crippen LogP contribution in [0.5, 0.6) is 17.2 Å². The Bertz CT molecular complexity index is 1460. The van der Waals surface area contributed by atoms with Gasteiger partial charge in [0.1, 0.15) is 23.3 Å². The molecule has 10 heteroatoms. The summed E-state index contributed by atoms with van der Waals surface area (Å²) in [4.78, 5) is 22.3. The van der Waals surface area contributed by atoms with E-state index in [1.165, 1.54) is 0 Å². The van der Waals surface area contributed by atoms with Crippen LogP contribution in [-0.2, 0) is 4.79 Å². The fourth-order valence-electron chi connectivity index (χ4n) is 4.18. The minimum absolute atomic E-state index is 0.104. The summed E-state index contributed by atoms with van der Waals surface area (Å²) in [5.74, 6) is 1.77. The second-order valence-corrected chi connectivity index (χ2v) is 8.12. The predicted molar refractivity (Wildman–Crippen MR) is 134 cm³/mol. The molecule has 1 aliphatic heterocycles. The van der Waals surface area contributed by atoms with E-state index >= 15 is 0 Å². The number of rotatable bonds is 6. The van der Waals surface area contributed by atoms with Crippen molar-refractivity contribution in [3.05, 3.63) is 83.8 Å². The van der Waals surface area contributed by atoms with Crippen molar-refractivity contribution in [2.45, 2.75) is 13.0 Å². The lowest BCUT2D eigenvalue weighted by molar-refractivity contribution is -0.113. The van der Waals surface area contributed by atoms with E-state index in [2.05, 4.69) is 20.6 Å². The maximum absolute atomic E-state index is 13.6. The van der Waals surface area contributed by atoms with Crippen molar-refractivity contribution in [1.29, 1.82) is 0 Å². The van der Waals surface area contributed by atoms with Gasteiger partial charge in [-0.3, -0.25) is 9.78 Å². The number of hydrogen-bond donors (Lipinski definition) is 3. The molecular weight excluding hydrogens is 460 g/mol. The number of allylic oxidation sites excluding steroid dienone is 1. The number of carbonyl (C=O) groups is 1. The summed E-state index contributed by atoms with van der Waals surface area (Å²) < 4.78 is 12.7. The van der Waals surface area contributed by atoms with Gasteiger partial charge in [-0.25, -0.2) is 4.68 Å². The number of phenols is 1. The number of phenolic OH excluding ortho intramolecular Hbond substituents is 1. The minimum atomic E-state index is -0.669. The molecule has 0 bridgehead atoms. The van der Waals surface area contributed by atoms with Gasteiger partial charge in [-0.15, -0.1) is 5.10 Å². The van der Waals surface area contributed by atoms with Crippen molar-refractivity contribution in [2.75, 3.05) is 24.9 Å². The number of pyridine rings is 1. The fraction of sp³-hybridized carbons (Fsp3) is 0.154. The lowest BCUT2D eigenvalue weighted by Gasteiger charge is -2.29. The molecule has 0 saturated heterocycles. The predicted octanol–water partition coefficient (Wildman–Crippen LogP) is 3.99. The van der Waals surface area contributed by atoms with E-state index in [1.54, 1.807) is 79.8 Å². The van der Waals surface area contributed by atoms with Gasteiger partial charge in [0.2, 0.25) is 5.95 Å². The number of nitrogens with zero attached hydrogens (tertiary/aromatic N) is 4. The Morgan fingerprint density at radius 2 is 1.97 bits per heavy atom. The minimum Gasteiger partial charge on any atom is -0.508 e. The van der Waals surface area contributed by atoms with Crippen LogP contribution in [0.1, 0.15) is 18.5 Å². The Labute approximate surface area is 207 Å². The summed E-state index contributed by atoms with van der Waals surface area (Å²) in [5.41, 5.74) is 2.94. The highest BCUT2D eigenvalue weighted by molar-refractivity contribution is 6.06. The van der Waals surface area contributed by atoms with E-state index in [1.807, 2.05) is 13.0 Å². The number of methoxy groups -OCH3 is 2. The molecule has 10 nitrogen and oxygen atoms in total. The number of hydrogen-bond acceptors (Lipinski definition) is 8. The van der Waals surface area contributed by atoms with E-state index < -0.39 is 6.04 Å². The number of aromatic hydroxyl groups is 1. The van der Waals surface area contributed by atoms with E-state index in [0.29, 0.717) is 51.4 Å². The second kappa shape index (κ2) is 9.41. The van der Waals surface area contributed by atoms with Crippen LogP contribution in [0.3, 0.4) is 0 Å². The van der Waals surface area contributed by atoms with Gasteiger partial charge in [-0.2, -0.15) is 4.98 Å². The molecule has 5 rings (SSSR count). The van der Waals surface area contributed by atoms with Crippen LogP contribution in [0.15, 0.2) is 78.3 Å². The Kier molecular flexibility index (Phi) is 5.99. The molecule has 0 radical (unpaired) electrons. The van der Waals surface area contributed by atoms with Crippen LogP contribution in [0.2, 0.25) is 0 Å². The molecule has 36 heavy (non-hydrogen) atoms. The van der Waals surface area contributed by atoms with Crippen LogP contribution in [-0.4, -0.2) is 45.0 Å². The third-order valence-corrected chi connectivity index (χ3v) is 5.86. The first-order valence-electron chi connectivity index (χ1n) is 11.2. The van der Waals surface area contributed by atoms with Crippen molar-refractivity contribution >= 4 is 17.5 Å². The van der Waals surface area contributed by atoms with Gasteiger partial charge in [-0.1, -0.05) is 12.1 Å². The summed E-state index contributed by atoms with van der Waals surface area (Å²) in [6, 6.07) is 14.9. The fourth-order valence-corrected chi connectivity index (χ4v) is 4.18. The number of anilines is 2. The van der Waals surface area contributed by atoms with Crippen LogP contribution >= 0.6 is 0 Å². The van der Waals surface area contributed by atoms with Gasteiger partial charge < -0.3 is 25.2 Å². The first-order valence-corrected chi connectivity index (χ1v) is 11.2. The highest BCUT2D eigenvalue weighted by atomic mass is 16.5. The number of benzene rings is 2. The summed E-state index contributed by atoms with van der Waals surface area (Å²) in [6.07, 6.45) is 3.21. The zero-order chi connectivity index (χ0) is 25.2. The monoisotopic (exact) mass is 484 g/mol. The lowest BCUT2D eigenvalue weighted by Crippen LogP contribution is -2.31. The summed E-state index contributed by atoms with van der Waals surface area (Å²) in [7, 11) is 3.14. The third kappa shape index (κ3) is 4.20. The Balaban J connectivity index is 1.66. The van der Waals surface area contributed by atoms with E-state index in [0.717, 1.165) is 0 Å². The molecule has 2 aromatic carbocycles. The topological polar surface area (TPSA) is 123 Å². The zero-order valence-corrected chi connectivity index (χ0v) is 19.9. The first kappa shape index (κ1) is 22.9. The number of amides is 1. The summed E-state index contributed by atoms with van der Waals surface area (Å²) >= 11 is 0.